The zero-order valence-corrected chi connectivity index (χ0v) is 9.48. The zero-order chi connectivity index (χ0) is 9.52. The van der Waals surface area contributed by atoms with E-state index in [-0.39, 0.29) is 0 Å². The van der Waals surface area contributed by atoms with E-state index >= 15 is 0 Å². The Hall–Kier alpha value is 0.310. The molecular formula is C11H22OS. The molecule has 0 aromatic carbocycles. The van der Waals surface area contributed by atoms with Crippen molar-refractivity contribution in [1.82, 2.24) is 0 Å². The molecule has 0 spiro atoms. The highest BCUT2D eigenvalue weighted by Gasteiger charge is 2.21. The molecule has 0 saturated carbocycles. The summed E-state index contributed by atoms with van der Waals surface area (Å²) in [5.41, 5.74) is 0. The third-order valence-corrected chi connectivity index (χ3v) is 4.36. The van der Waals surface area contributed by atoms with Crippen molar-refractivity contribution < 1.29 is 5.11 Å². The molecule has 2 atom stereocenters. The van der Waals surface area contributed by atoms with Crippen molar-refractivity contribution in [2.45, 2.75) is 39.0 Å². The first-order valence-electron chi connectivity index (χ1n) is 5.57. The first kappa shape index (κ1) is 11.4. The lowest BCUT2D eigenvalue weighted by atomic mass is 9.84. The van der Waals surface area contributed by atoms with Crippen LogP contribution in [0.3, 0.4) is 0 Å². The van der Waals surface area contributed by atoms with Crippen LogP contribution in [0.15, 0.2) is 0 Å². The number of thioether (sulfide) groups is 1. The summed E-state index contributed by atoms with van der Waals surface area (Å²) in [5.74, 6) is 4.55. The Morgan fingerprint density at radius 3 is 2.92 bits per heavy atom. The predicted octanol–water partition coefficient (Wildman–Crippen LogP) is 2.93. The quantitative estimate of drug-likeness (QED) is 0.739. The van der Waals surface area contributed by atoms with Crippen LogP contribution in [0.4, 0.5) is 0 Å². The van der Waals surface area contributed by atoms with Gasteiger partial charge in [-0.25, -0.2) is 0 Å². The first-order chi connectivity index (χ1) is 6.38. The maximum atomic E-state index is 8.80. The second-order valence-electron chi connectivity index (χ2n) is 4.01. The predicted molar refractivity (Wildman–Crippen MR) is 60.1 cm³/mol. The van der Waals surface area contributed by atoms with Crippen LogP contribution in [0, 0.1) is 11.8 Å². The average Bonchev–Trinajstić information content (AvgIpc) is 2.21. The molecule has 1 fully saturated rings. The van der Waals surface area contributed by atoms with Gasteiger partial charge in [-0.15, -0.1) is 0 Å². The van der Waals surface area contributed by atoms with Crippen molar-refractivity contribution >= 4 is 11.8 Å². The number of aliphatic hydroxyl groups excluding tert-OH is 1. The van der Waals surface area contributed by atoms with Gasteiger partial charge in [-0.3, -0.25) is 0 Å². The van der Waals surface area contributed by atoms with Gasteiger partial charge in [0.1, 0.15) is 0 Å². The Kier molecular flexibility index (Phi) is 5.88. The molecule has 78 valence electrons. The van der Waals surface area contributed by atoms with Gasteiger partial charge in [-0.1, -0.05) is 13.3 Å². The van der Waals surface area contributed by atoms with Gasteiger partial charge in [0.15, 0.2) is 0 Å². The molecule has 0 aliphatic carbocycles. The van der Waals surface area contributed by atoms with E-state index in [0.717, 1.165) is 18.3 Å². The fourth-order valence-electron chi connectivity index (χ4n) is 2.26. The van der Waals surface area contributed by atoms with Gasteiger partial charge >= 0.3 is 0 Å². The Bertz CT molecular complexity index is 121. The third-order valence-electron chi connectivity index (χ3n) is 3.12. The van der Waals surface area contributed by atoms with E-state index in [2.05, 4.69) is 18.7 Å². The molecule has 0 amide bonds. The van der Waals surface area contributed by atoms with Gasteiger partial charge in [0.05, 0.1) is 0 Å². The smallest absolute Gasteiger partial charge is 0.0431 e. The molecule has 13 heavy (non-hydrogen) atoms. The minimum atomic E-state index is 0.371. The van der Waals surface area contributed by atoms with E-state index in [0.29, 0.717) is 6.61 Å². The van der Waals surface area contributed by atoms with E-state index in [1.807, 2.05) is 0 Å². The number of aliphatic hydroxyl groups is 1. The summed E-state index contributed by atoms with van der Waals surface area (Å²) in [5, 5.41) is 8.80. The third kappa shape index (κ3) is 3.90. The Morgan fingerprint density at radius 2 is 2.38 bits per heavy atom. The molecule has 1 heterocycles. The van der Waals surface area contributed by atoms with Crippen LogP contribution >= 0.6 is 11.8 Å². The molecule has 0 aromatic heterocycles. The maximum absolute atomic E-state index is 8.80. The molecule has 0 aromatic rings. The molecule has 0 radical (unpaired) electrons. The molecule has 2 unspecified atom stereocenters. The molecule has 1 aliphatic heterocycles. The zero-order valence-electron chi connectivity index (χ0n) is 8.67. The summed E-state index contributed by atoms with van der Waals surface area (Å²) < 4.78 is 0. The van der Waals surface area contributed by atoms with Crippen LogP contribution in [-0.2, 0) is 0 Å². The van der Waals surface area contributed by atoms with Gasteiger partial charge < -0.3 is 5.11 Å². The summed E-state index contributed by atoms with van der Waals surface area (Å²) in [6.07, 6.45) is 6.37. The van der Waals surface area contributed by atoms with E-state index < -0.39 is 0 Å². The van der Waals surface area contributed by atoms with Crippen molar-refractivity contribution in [3.8, 4) is 0 Å². The molecule has 1 N–H and O–H groups in total. The van der Waals surface area contributed by atoms with Gasteiger partial charge in [0.2, 0.25) is 0 Å². The SMILES string of the molecule is CCC(CCCO)C1CCCSC1. The lowest BCUT2D eigenvalue weighted by molar-refractivity contribution is 0.242. The van der Waals surface area contributed by atoms with Crippen molar-refractivity contribution in [2.24, 2.45) is 11.8 Å². The molecule has 2 heteroatoms. The summed E-state index contributed by atoms with van der Waals surface area (Å²) in [6, 6.07) is 0. The fraction of sp³-hybridized carbons (Fsp3) is 1.00. The normalized spacial score (nSPS) is 25.8. The highest BCUT2D eigenvalue weighted by Crippen LogP contribution is 2.32. The molecule has 1 nitrogen and oxygen atoms in total. The minimum Gasteiger partial charge on any atom is -0.396 e. The maximum Gasteiger partial charge on any atom is 0.0431 e. The summed E-state index contributed by atoms with van der Waals surface area (Å²) in [4.78, 5) is 0. The number of rotatable bonds is 5. The lowest BCUT2D eigenvalue weighted by Gasteiger charge is -2.29. The molecule has 1 rings (SSSR count). The second-order valence-corrected chi connectivity index (χ2v) is 5.16. The molecule has 0 bridgehead atoms. The Labute approximate surface area is 86.3 Å². The summed E-state index contributed by atoms with van der Waals surface area (Å²) in [6.45, 7) is 2.66. The fourth-order valence-corrected chi connectivity index (χ4v) is 3.54. The van der Waals surface area contributed by atoms with Gasteiger partial charge in [-0.05, 0) is 49.0 Å². The van der Waals surface area contributed by atoms with Crippen LogP contribution in [0.25, 0.3) is 0 Å². The number of hydrogen-bond donors (Lipinski definition) is 1. The second kappa shape index (κ2) is 6.72. The largest absolute Gasteiger partial charge is 0.396 e. The highest BCUT2D eigenvalue weighted by molar-refractivity contribution is 7.99. The van der Waals surface area contributed by atoms with Gasteiger partial charge in [-0.2, -0.15) is 11.8 Å². The Morgan fingerprint density at radius 1 is 1.54 bits per heavy atom. The van der Waals surface area contributed by atoms with Gasteiger partial charge in [0.25, 0.3) is 0 Å². The molecule has 1 saturated heterocycles. The summed E-state index contributed by atoms with van der Waals surface area (Å²) in [7, 11) is 0. The van der Waals surface area contributed by atoms with Crippen molar-refractivity contribution in [2.75, 3.05) is 18.1 Å². The monoisotopic (exact) mass is 202 g/mol. The van der Waals surface area contributed by atoms with E-state index in [1.54, 1.807) is 0 Å². The highest BCUT2D eigenvalue weighted by atomic mass is 32.2. The summed E-state index contributed by atoms with van der Waals surface area (Å²) >= 11 is 2.12. The Balaban J connectivity index is 2.26. The van der Waals surface area contributed by atoms with Gasteiger partial charge in [0, 0.05) is 6.61 Å². The number of hydrogen-bond acceptors (Lipinski definition) is 2. The van der Waals surface area contributed by atoms with Crippen molar-refractivity contribution in [3.63, 3.8) is 0 Å². The molecule has 1 aliphatic rings. The van der Waals surface area contributed by atoms with Crippen molar-refractivity contribution in [1.29, 1.82) is 0 Å². The van der Waals surface area contributed by atoms with Crippen LogP contribution in [-0.4, -0.2) is 23.2 Å². The van der Waals surface area contributed by atoms with Crippen LogP contribution in [0.2, 0.25) is 0 Å². The minimum absolute atomic E-state index is 0.371. The van der Waals surface area contributed by atoms with Crippen molar-refractivity contribution in [3.05, 3.63) is 0 Å². The van der Waals surface area contributed by atoms with Crippen LogP contribution < -0.4 is 0 Å². The van der Waals surface area contributed by atoms with E-state index in [1.165, 1.54) is 37.2 Å². The first-order valence-corrected chi connectivity index (χ1v) is 6.72. The lowest BCUT2D eigenvalue weighted by Crippen LogP contribution is -2.20. The van der Waals surface area contributed by atoms with Crippen LogP contribution in [0.1, 0.15) is 39.0 Å². The average molecular weight is 202 g/mol. The van der Waals surface area contributed by atoms with Crippen LogP contribution in [0.5, 0.6) is 0 Å². The van der Waals surface area contributed by atoms with E-state index in [4.69, 9.17) is 5.11 Å². The topological polar surface area (TPSA) is 20.2 Å². The molecular weight excluding hydrogens is 180 g/mol. The standard InChI is InChI=1S/C11H22OS/c1-2-10(5-3-7-12)11-6-4-8-13-9-11/h10-12H,2-9H2,1H3. The van der Waals surface area contributed by atoms with E-state index in [9.17, 15) is 0 Å².